The first-order chi connectivity index (χ1) is 9.99. The molecule has 2 rings (SSSR count). The van der Waals surface area contributed by atoms with Crippen LogP contribution < -0.4 is 5.32 Å². The second-order valence-electron chi connectivity index (χ2n) is 4.03. The molecule has 8 nitrogen and oxygen atoms in total. The highest BCUT2D eigenvalue weighted by atomic mass is 79.9. The standard InChI is InChI=1S/C12H9BrN4O4/c13-10-4-5-14-12(11(10)17(20)21)15-7-8-2-1-3-9(6-8)16(18)19/h1-6H,7H2,(H,14,15). The number of anilines is 1. The van der Waals surface area contributed by atoms with E-state index in [0.717, 1.165) is 0 Å². The highest BCUT2D eigenvalue weighted by Gasteiger charge is 2.19. The zero-order valence-electron chi connectivity index (χ0n) is 10.5. The molecule has 0 aliphatic heterocycles. The van der Waals surface area contributed by atoms with Crippen molar-refractivity contribution in [1.29, 1.82) is 0 Å². The first kappa shape index (κ1) is 14.9. The Kier molecular flexibility index (Phi) is 4.43. The van der Waals surface area contributed by atoms with Gasteiger partial charge in [0, 0.05) is 24.9 Å². The summed E-state index contributed by atoms with van der Waals surface area (Å²) in [6.07, 6.45) is 1.42. The number of aromatic nitrogens is 1. The molecule has 0 spiro atoms. The number of hydrogen-bond donors (Lipinski definition) is 1. The number of pyridine rings is 1. The van der Waals surface area contributed by atoms with Gasteiger partial charge in [-0.25, -0.2) is 4.98 Å². The third-order valence-corrected chi connectivity index (χ3v) is 3.28. The minimum atomic E-state index is -0.549. The Morgan fingerprint density at radius 3 is 2.62 bits per heavy atom. The van der Waals surface area contributed by atoms with Crippen LogP contribution in [0.4, 0.5) is 17.2 Å². The smallest absolute Gasteiger partial charge is 0.325 e. The van der Waals surface area contributed by atoms with Gasteiger partial charge in [0.15, 0.2) is 0 Å². The fraction of sp³-hybridized carbons (Fsp3) is 0.0833. The molecule has 0 radical (unpaired) electrons. The summed E-state index contributed by atoms with van der Waals surface area (Å²) < 4.78 is 0.309. The first-order valence-electron chi connectivity index (χ1n) is 5.75. The quantitative estimate of drug-likeness (QED) is 0.652. The van der Waals surface area contributed by atoms with E-state index in [1.54, 1.807) is 12.1 Å². The zero-order chi connectivity index (χ0) is 15.4. The number of non-ortho nitro benzene ring substituents is 1. The molecule has 0 fully saturated rings. The highest BCUT2D eigenvalue weighted by molar-refractivity contribution is 9.10. The molecule has 0 saturated heterocycles. The van der Waals surface area contributed by atoms with E-state index in [2.05, 4.69) is 26.2 Å². The van der Waals surface area contributed by atoms with Crippen molar-refractivity contribution in [3.8, 4) is 0 Å². The predicted octanol–water partition coefficient (Wildman–Crippen LogP) is 3.27. The van der Waals surface area contributed by atoms with Gasteiger partial charge in [-0.15, -0.1) is 0 Å². The molecular weight excluding hydrogens is 344 g/mol. The molecule has 0 saturated carbocycles. The summed E-state index contributed by atoms with van der Waals surface area (Å²) in [5.74, 6) is 0.0980. The van der Waals surface area contributed by atoms with Crippen LogP contribution in [0.15, 0.2) is 41.0 Å². The van der Waals surface area contributed by atoms with Crippen LogP contribution in [0.3, 0.4) is 0 Å². The maximum Gasteiger partial charge on any atom is 0.325 e. The van der Waals surface area contributed by atoms with Gasteiger partial charge in [0.05, 0.1) is 9.85 Å². The van der Waals surface area contributed by atoms with Crippen LogP contribution in [0.5, 0.6) is 0 Å². The van der Waals surface area contributed by atoms with Gasteiger partial charge in [-0.05, 0) is 27.6 Å². The maximum absolute atomic E-state index is 11.0. The normalized spacial score (nSPS) is 10.1. The van der Waals surface area contributed by atoms with E-state index in [1.807, 2.05) is 0 Å². The van der Waals surface area contributed by atoms with E-state index < -0.39 is 9.85 Å². The maximum atomic E-state index is 11.0. The monoisotopic (exact) mass is 352 g/mol. The van der Waals surface area contributed by atoms with Gasteiger partial charge < -0.3 is 5.32 Å². The van der Waals surface area contributed by atoms with Crippen LogP contribution in [0, 0.1) is 20.2 Å². The van der Waals surface area contributed by atoms with Crippen LogP contribution in [0.25, 0.3) is 0 Å². The van der Waals surface area contributed by atoms with E-state index in [-0.39, 0.29) is 23.7 Å². The van der Waals surface area contributed by atoms with Crippen LogP contribution in [0.1, 0.15) is 5.56 Å². The number of hydrogen-bond acceptors (Lipinski definition) is 6. The summed E-state index contributed by atoms with van der Waals surface area (Å²) in [6, 6.07) is 7.48. The molecule has 0 bridgehead atoms. The Bertz CT molecular complexity index is 707. The van der Waals surface area contributed by atoms with Crippen molar-refractivity contribution >= 4 is 33.1 Å². The molecule has 1 heterocycles. The van der Waals surface area contributed by atoms with Crippen molar-refractivity contribution in [2.24, 2.45) is 0 Å². The molecule has 0 amide bonds. The molecular formula is C12H9BrN4O4. The molecule has 1 N–H and O–H groups in total. The van der Waals surface area contributed by atoms with Crippen LogP contribution in [-0.4, -0.2) is 14.8 Å². The molecule has 2 aromatic rings. The predicted molar refractivity (Wildman–Crippen MR) is 79.0 cm³/mol. The number of nitrogens with zero attached hydrogens (tertiary/aromatic N) is 3. The minimum absolute atomic E-state index is 0.0361. The van der Waals surface area contributed by atoms with Gasteiger partial charge in [0.1, 0.15) is 4.47 Å². The first-order valence-corrected chi connectivity index (χ1v) is 6.54. The van der Waals surface area contributed by atoms with Crippen molar-refractivity contribution in [1.82, 2.24) is 4.98 Å². The highest BCUT2D eigenvalue weighted by Crippen LogP contribution is 2.30. The zero-order valence-corrected chi connectivity index (χ0v) is 12.1. The average molecular weight is 353 g/mol. The second-order valence-corrected chi connectivity index (χ2v) is 4.88. The average Bonchev–Trinajstić information content (AvgIpc) is 2.45. The van der Waals surface area contributed by atoms with Crippen molar-refractivity contribution in [3.63, 3.8) is 0 Å². The van der Waals surface area contributed by atoms with E-state index >= 15 is 0 Å². The second kappa shape index (κ2) is 6.27. The lowest BCUT2D eigenvalue weighted by Crippen LogP contribution is -2.05. The molecule has 108 valence electrons. The Morgan fingerprint density at radius 2 is 1.95 bits per heavy atom. The van der Waals surface area contributed by atoms with Gasteiger partial charge >= 0.3 is 5.69 Å². The lowest BCUT2D eigenvalue weighted by Gasteiger charge is -2.07. The van der Waals surface area contributed by atoms with Gasteiger partial charge in [0.2, 0.25) is 5.82 Å². The molecule has 9 heteroatoms. The molecule has 1 aromatic heterocycles. The minimum Gasteiger partial charge on any atom is -0.360 e. The fourth-order valence-electron chi connectivity index (χ4n) is 1.70. The largest absolute Gasteiger partial charge is 0.360 e. The van der Waals surface area contributed by atoms with Crippen molar-refractivity contribution in [3.05, 3.63) is 66.8 Å². The number of nitro groups is 2. The summed E-state index contributed by atoms with van der Waals surface area (Å²) >= 11 is 3.09. The molecule has 21 heavy (non-hydrogen) atoms. The molecule has 0 aliphatic rings. The SMILES string of the molecule is O=[N+]([O-])c1cccc(CNc2nccc(Br)c2[N+](=O)[O-])c1. The van der Waals surface area contributed by atoms with Crippen molar-refractivity contribution in [2.45, 2.75) is 6.54 Å². The van der Waals surface area contributed by atoms with Crippen LogP contribution in [-0.2, 0) is 6.54 Å². The third kappa shape index (κ3) is 3.51. The summed E-state index contributed by atoms with van der Waals surface area (Å²) in [5.41, 5.74) is 0.411. The number of rotatable bonds is 5. The van der Waals surface area contributed by atoms with E-state index in [1.165, 1.54) is 24.4 Å². The Hall–Kier alpha value is -2.55. The van der Waals surface area contributed by atoms with Crippen LogP contribution >= 0.6 is 15.9 Å². The summed E-state index contributed by atoms with van der Waals surface area (Å²) in [6.45, 7) is 0.186. The Labute approximate surface area is 127 Å². The molecule has 0 atom stereocenters. The number of nitrogens with one attached hydrogen (secondary N) is 1. The number of benzene rings is 1. The van der Waals surface area contributed by atoms with Crippen molar-refractivity contribution < 1.29 is 9.85 Å². The van der Waals surface area contributed by atoms with Crippen LogP contribution in [0.2, 0.25) is 0 Å². The van der Waals surface area contributed by atoms with E-state index in [4.69, 9.17) is 0 Å². The Balaban J connectivity index is 2.21. The fourth-order valence-corrected chi connectivity index (χ4v) is 2.15. The van der Waals surface area contributed by atoms with Gasteiger partial charge in [-0.2, -0.15) is 0 Å². The van der Waals surface area contributed by atoms with Gasteiger partial charge in [-0.1, -0.05) is 12.1 Å². The summed E-state index contributed by atoms with van der Waals surface area (Å²) in [7, 11) is 0. The number of halogens is 1. The topological polar surface area (TPSA) is 111 Å². The summed E-state index contributed by atoms with van der Waals surface area (Å²) in [4.78, 5) is 24.6. The van der Waals surface area contributed by atoms with Gasteiger partial charge in [0.25, 0.3) is 5.69 Å². The van der Waals surface area contributed by atoms with Gasteiger partial charge in [-0.3, -0.25) is 20.2 Å². The van der Waals surface area contributed by atoms with E-state index in [0.29, 0.717) is 10.0 Å². The Morgan fingerprint density at radius 1 is 1.19 bits per heavy atom. The lowest BCUT2D eigenvalue weighted by atomic mass is 10.2. The number of nitro benzene ring substituents is 1. The molecule has 0 aliphatic carbocycles. The molecule has 0 unspecified atom stereocenters. The summed E-state index contributed by atoms with van der Waals surface area (Å²) in [5, 5.41) is 24.5. The molecule has 1 aromatic carbocycles. The third-order valence-electron chi connectivity index (χ3n) is 2.64. The van der Waals surface area contributed by atoms with E-state index in [9.17, 15) is 20.2 Å². The van der Waals surface area contributed by atoms with Crippen molar-refractivity contribution in [2.75, 3.05) is 5.32 Å². The lowest BCUT2D eigenvalue weighted by molar-refractivity contribution is -0.385.